The van der Waals surface area contributed by atoms with Crippen molar-refractivity contribution in [2.45, 2.75) is 25.4 Å². The van der Waals surface area contributed by atoms with Gasteiger partial charge in [0.2, 0.25) is 5.91 Å². The number of hydrogen-bond donors (Lipinski definition) is 3. The lowest BCUT2D eigenvalue weighted by atomic mass is 10.2. The van der Waals surface area contributed by atoms with Crippen LogP contribution >= 0.6 is 11.8 Å². The van der Waals surface area contributed by atoms with Crippen molar-refractivity contribution in [3.8, 4) is 0 Å². The molecule has 108 valence electrons. The van der Waals surface area contributed by atoms with Gasteiger partial charge in [-0.1, -0.05) is 0 Å². The third-order valence-electron chi connectivity index (χ3n) is 2.85. The van der Waals surface area contributed by atoms with E-state index in [0.29, 0.717) is 0 Å². The predicted octanol–water partition coefficient (Wildman–Crippen LogP) is -0.277. The summed E-state index contributed by atoms with van der Waals surface area (Å²) in [7, 11) is 0. The third-order valence-corrected chi connectivity index (χ3v) is 3.50. The van der Waals surface area contributed by atoms with Gasteiger partial charge in [0.1, 0.15) is 12.6 Å². The summed E-state index contributed by atoms with van der Waals surface area (Å²) in [5.74, 6) is -0.555. The van der Waals surface area contributed by atoms with Crippen LogP contribution in [0.25, 0.3) is 0 Å². The zero-order valence-corrected chi connectivity index (χ0v) is 11.8. The summed E-state index contributed by atoms with van der Waals surface area (Å²) in [6, 6.07) is -1.57. The molecule has 1 aliphatic heterocycles. The maximum atomic E-state index is 12.0. The Morgan fingerprint density at radius 3 is 2.89 bits per heavy atom. The minimum Gasteiger partial charge on any atom is -0.480 e. The summed E-state index contributed by atoms with van der Waals surface area (Å²) >= 11 is 1.68. The Labute approximate surface area is 116 Å². The molecule has 3 N–H and O–H groups in total. The smallest absolute Gasteiger partial charge is 0.328 e. The van der Waals surface area contributed by atoms with Gasteiger partial charge in [0.05, 0.1) is 0 Å². The summed E-state index contributed by atoms with van der Waals surface area (Å²) in [6.07, 6.45) is 2.77. The molecule has 7 nitrogen and oxygen atoms in total. The lowest BCUT2D eigenvalue weighted by Crippen LogP contribution is -2.62. The molecule has 8 heteroatoms. The highest BCUT2D eigenvalue weighted by atomic mass is 32.2. The SMILES string of the molecule is CSCCC(C)NC(=O)N1CC(=O)NCC1C(=O)O. The van der Waals surface area contributed by atoms with E-state index in [1.54, 1.807) is 11.8 Å². The van der Waals surface area contributed by atoms with E-state index in [1.165, 1.54) is 0 Å². The Hall–Kier alpha value is -1.44. The molecule has 19 heavy (non-hydrogen) atoms. The van der Waals surface area contributed by atoms with Crippen molar-refractivity contribution in [1.29, 1.82) is 0 Å². The van der Waals surface area contributed by atoms with Crippen LogP contribution in [-0.4, -0.2) is 65.1 Å². The highest BCUT2D eigenvalue weighted by molar-refractivity contribution is 7.98. The molecule has 0 aromatic carbocycles. The van der Waals surface area contributed by atoms with E-state index < -0.39 is 18.0 Å². The lowest BCUT2D eigenvalue weighted by Gasteiger charge is -2.33. The fourth-order valence-electron chi connectivity index (χ4n) is 1.74. The number of rotatable bonds is 5. The molecule has 1 rings (SSSR count). The normalized spacial score (nSPS) is 20.6. The maximum Gasteiger partial charge on any atom is 0.328 e. The standard InChI is InChI=1S/C11H19N3O4S/c1-7(3-4-19-2)13-11(18)14-6-9(15)12-5-8(14)10(16)17/h7-8H,3-6H2,1-2H3,(H,12,15)(H,13,18)(H,16,17). The van der Waals surface area contributed by atoms with Crippen molar-refractivity contribution >= 4 is 29.7 Å². The number of aliphatic carboxylic acids is 1. The van der Waals surface area contributed by atoms with E-state index in [-0.39, 0.29) is 25.0 Å². The largest absolute Gasteiger partial charge is 0.480 e. The topological polar surface area (TPSA) is 98.7 Å². The van der Waals surface area contributed by atoms with Crippen LogP contribution in [0, 0.1) is 0 Å². The Balaban J connectivity index is 2.60. The zero-order valence-electron chi connectivity index (χ0n) is 11.0. The van der Waals surface area contributed by atoms with Crippen molar-refractivity contribution in [2.24, 2.45) is 0 Å². The first kappa shape index (κ1) is 15.6. The van der Waals surface area contributed by atoms with Crippen molar-refractivity contribution < 1.29 is 19.5 Å². The van der Waals surface area contributed by atoms with E-state index >= 15 is 0 Å². The van der Waals surface area contributed by atoms with Gasteiger partial charge in [-0.25, -0.2) is 9.59 Å². The third kappa shape index (κ3) is 4.62. The van der Waals surface area contributed by atoms with Crippen LogP contribution in [0.3, 0.4) is 0 Å². The molecule has 0 bridgehead atoms. The Morgan fingerprint density at radius 1 is 1.63 bits per heavy atom. The molecule has 1 heterocycles. The number of piperazine rings is 1. The molecule has 3 amide bonds. The number of nitrogens with zero attached hydrogens (tertiary/aromatic N) is 1. The van der Waals surface area contributed by atoms with E-state index in [1.807, 2.05) is 13.2 Å². The van der Waals surface area contributed by atoms with Gasteiger partial charge in [-0.2, -0.15) is 11.8 Å². The molecule has 2 atom stereocenters. The molecule has 1 fully saturated rings. The van der Waals surface area contributed by atoms with Crippen LogP contribution in [0.2, 0.25) is 0 Å². The molecular formula is C11H19N3O4S. The number of carboxylic acid groups (broad SMARTS) is 1. The summed E-state index contributed by atoms with van der Waals surface area (Å²) in [5, 5.41) is 14.2. The maximum absolute atomic E-state index is 12.0. The number of carboxylic acids is 1. The van der Waals surface area contributed by atoms with Gasteiger partial charge in [0.15, 0.2) is 0 Å². The van der Waals surface area contributed by atoms with Crippen LogP contribution in [0.5, 0.6) is 0 Å². The monoisotopic (exact) mass is 289 g/mol. The van der Waals surface area contributed by atoms with Gasteiger partial charge >= 0.3 is 12.0 Å². The molecule has 0 aromatic heterocycles. The molecule has 0 spiro atoms. The second-order valence-electron chi connectivity index (χ2n) is 4.42. The Kier molecular flexibility index (Phi) is 5.94. The average Bonchev–Trinajstić information content (AvgIpc) is 2.35. The zero-order chi connectivity index (χ0) is 14.4. The van der Waals surface area contributed by atoms with Gasteiger partial charge < -0.3 is 15.7 Å². The van der Waals surface area contributed by atoms with E-state index in [2.05, 4.69) is 10.6 Å². The molecule has 1 saturated heterocycles. The predicted molar refractivity (Wildman–Crippen MR) is 72.1 cm³/mol. The number of thioether (sulfide) groups is 1. The summed E-state index contributed by atoms with van der Waals surface area (Å²) in [5.41, 5.74) is 0. The summed E-state index contributed by atoms with van der Waals surface area (Å²) in [6.45, 7) is 1.58. The fraction of sp³-hybridized carbons (Fsp3) is 0.727. The molecule has 0 saturated carbocycles. The second kappa shape index (κ2) is 7.22. The second-order valence-corrected chi connectivity index (χ2v) is 5.40. The highest BCUT2D eigenvalue weighted by Crippen LogP contribution is 2.07. The number of nitrogens with one attached hydrogen (secondary N) is 2. The van der Waals surface area contributed by atoms with E-state index in [0.717, 1.165) is 17.1 Å². The van der Waals surface area contributed by atoms with Crippen LogP contribution < -0.4 is 10.6 Å². The fourth-order valence-corrected chi connectivity index (χ4v) is 2.33. The van der Waals surface area contributed by atoms with Gasteiger partial charge in [-0.15, -0.1) is 0 Å². The first-order valence-corrected chi connectivity index (χ1v) is 7.40. The minimum atomic E-state index is -1.12. The Bertz CT molecular complexity index is 364. The average molecular weight is 289 g/mol. The van der Waals surface area contributed by atoms with Gasteiger partial charge in [0, 0.05) is 12.6 Å². The molecule has 0 radical (unpaired) electrons. The molecule has 2 unspecified atom stereocenters. The van der Waals surface area contributed by atoms with Crippen LogP contribution in [-0.2, 0) is 9.59 Å². The minimum absolute atomic E-state index is 0.0548. The molecule has 1 aliphatic rings. The number of carbonyl (C=O) groups is 3. The quantitative estimate of drug-likeness (QED) is 0.646. The van der Waals surface area contributed by atoms with E-state index in [4.69, 9.17) is 5.11 Å². The number of hydrogen-bond acceptors (Lipinski definition) is 4. The van der Waals surface area contributed by atoms with Gasteiger partial charge in [-0.05, 0) is 25.4 Å². The lowest BCUT2D eigenvalue weighted by molar-refractivity contribution is -0.144. The van der Waals surface area contributed by atoms with Crippen molar-refractivity contribution in [3.05, 3.63) is 0 Å². The van der Waals surface area contributed by atoms with Crippen LogP contribution in [0.4, 0.5) is 4.79 Å². The number of amides is 3. The van der Waals surface area contributed by atoms with Crippen LogP contribution in [0.15, 0.2) is 0 Å². The summed E-state index contributed by atoms with van der Waals surface area (Å²) < 4.78 is 0. The first-order chi connectivity index (χ1) is 8.95. The summed E-state index contributed by atoms with van der Waals surface area (Å²) in [4.78, 5) is 35.4. The number of urea groups is 1. The van der Waals surface area contributed by atoms with Crippen molar-refractivity contribution in [3.63, 3.8) is 0 Å². The van der Waals surface area contributed by atoms with E-state index in [9.17, 15) is 14.4 Å². The molecule has 0 aromatic rings. The number of carbonyl (C=O) groups excluding carboxylic acids is 2. The highest BCUT2D eigenvalue weighted by Gasteiger charge is 2.35. The Morgan fingerprint density at radius 2 is 2.32 bits per heavy atom. The van der Waals surface area contributed by atoms with Crippen molar-refractivity contribution in [1.82, 2.24) is 15.5 Å². The van der Waals surface area contributed by atoms with Gasteiger partial charge in [-0.3, -0.25) is 9.69 Å². The van der Waals surface area contributed by atoms with Gasteiger partial charge in [0.25, 0.3) is 0 Å². The van der Waals surface area contributed by atoms with Crippen LogP contribution in [0.1, 0.15) is 13.3 Å². The first-order valence-electron chi connectivity index (χ1n) is 6.01. The van der Waals surface area contributed by atoms with Crippen molar-refractivity contribution in [2.75, 3.05) is 25.1 Å². The molecule has 0 aliphatic carbocycles. The molecular weight excluding hydrogens is 270 g/mol.